The van der Waals surface area contributed by atoms with Gasteiger partial charge in [0.25, 0.3) is 0 Å². The fraction of sp³-hybridized carbons (Fsp3) is 0.350. The van der Waals surface area contributed by atoms with Gasteiger partial charge in [0.1, 0.15) is 6.04 Å². The second-order valence-electron chi connectivity index (χ2n) is 6.56. The van der Waals surface area contributed by atoms with Crippen molar-refractivity contribution in [3.63, 3.8) is 0 Å². The largest absolute Gasteiger partial charge is 0.348 e. The number of aryl methyl sites for hydroxylation is 1. The van der Waals surface area contributed by atoms with E-state index in [1.165, 1.54) is 0 Å². The molecule has 0 unspecified atom stereocenters. The third kappa shape index (κ3) is 5.23. The van der Waals surface area contributed by atoms with E-state index in [0.717, 1.165) is 21.7 Å². The lowest BCUT2D eigenvalue weighted by Gasteiger charge is -2.31. The first-order valence-electron chi connectivity index (χ1n) is 8.76. The Balaban J connectivity index is 2.34. The number of nitrogens with zero attached hydrogens (tertiary/aromatic N) is 1. The first-order valence-corrected chi connectivity index (χ1v) is 11.0. The Morgan fingerprint density at radius 2 is 1.81 bits per heavy atom. The summed E-state index contributed by atoms with van der Waals surface area (Å²) in [7, 11) is -3.69. The zero-order chi connectivity index (χ0) is 20.2. The molecule has 0 saturated carbocycles. The summed E-state index contributed by atoms with van der Waals surface area (Å²) in [6.45, 7) is 5.49. The molecule has 1 N–H and O–H groups in total. The van der Waals surface area contributed by atoms with Gasteiger partial charge in [-0.2, -0.15) is 0 Å². The number of rotatable bonds is 7. The van der Waals surface area contributed by atoms with Crippen LogP contribution < -0.4 is 9.62 Å². The van der Waals surface area contributed by atoms with Crippen LogP contribution in [-0.4, -0.2) is 26.6 Å². The predicted molar refractivity (Wildman–Crippen MR) is 111 cm³/mol. The van der Waals surface area contributed by atoms with Crippen molar-refractivity contribution >= 4 is 33.2 Å². The number of benzene rings is 2. The average Bonchev–Trinajstić information content (AvgIpc) is 2.61. The van der Waals surface area contributed by atoms with Gasteiger partial charge in [-0.05, 0) is 43.5 Å². The van der Waals surface area contributed by atoms with Gasteiger partial charge in [-0.15, -0.1) is 0 Å². The molecule has 2 atom stereocenters. The molecule has 5 nitrogen and oxygen atoms in total. The van der Waals surface area contributed by atoms with Crippen LogP contribution in [0.15, 0.2) is 48.5 Å². The number of hydrogen-bond donors (Lipinski definition) is 1. The van der Waals surface area contributed by atoms with Crippen molar-refractivity contribution in [3.05, 3.63) is 64.7 Å². The highest BCUT2D eigenvalue weighted by atomic mass is 35.5. The van der Waals surface area contributed by atoms with E-state index in [1.54, 1.807) is 25.1 Å². The molecule has 2 aromatic carbocycles. The summed E-state index contributed by atoms with van der Waals surface area (Å²) in [6, 6.07) is 13.4. The molecule has 27 heavy (non-hydrogen) atoms. The van der Waals surface area contributed by atoms with Crippen molar-refractivity contribution in [1.29, 1.82) is 0 Å². The number of sulfonamides is 1. The lowest BCUT2D eigenvalue weighted by Crippen LogP contribution is -2.49. The predicted octanol–water partition coefficient (Wildman–Crippen LogP) is 4.07. The Kier molecular flexibility index (Phi) is 6.89. The van der Waals surface area contributed by atoms with Crippen LogP contribution in [0.1, 0.15) is 37.4 Å². The van der Waals surface area contributed by atoms with E-state index < -0.39 is 16.1 Å². The first kappa shape index (κ1) is 21.3. The second kappa shape index (κ2) is 8.76. The smallest absolute Gasteiger partial charge is 0.244 e. The average molecular weight is 409 g/mol. The molecule has 0 aromatic heterocycles. The highest BCUT2D eigenvalue weighted by Gasteiger charge is 2.32. The first-order chi connectivity index (χ1) is 12.6. The Labute approximate surface area is 166 Å². The van der Waals surface area contributed by atoms with Gasteiger partial charge in [0.15, 0.2) is 0 Å². The van der Waals surface area contributed by atoms with E-state index in [9.17, 15) is 13.2 Å². The molecule has 1 amide bonds. The Morgan fingerprint density at radius 1 is 1.19 bits per heavy atom. The summed E-state index contributed by atoms with van der Waals surface area (Å²) in [6.07, 6.45) is 1.42. The van der Waals surface area contributed by atoms with Crippen molar-refractivity contribution < 1.29 is 13.2 Å². The lowest BCUT2D eigenvalue weighted by molar-refractivity contribution is -0.122. The summed E-state index contributed by atoms with van der Waals surface area (Å²) in [5.74, 6) is -0.351. The van der Waals surface area contributed by atoms with E-state index in [0.29, 0.717) is 17.1 Å². The zero-order valence-electron chi connectivity index (χ0n) is 15.9. The molecule has 0 bridgehead atoms. The minimum Gasteiger partial charge on any atom is -0.348 e. The molecule has 2 rings (SSSR count). The van der Waals surface area contributed by atoms with E-state index >= 15 is 0 Å². The monoisotopic (exact) mass is 408 g/mol. The van der Waals surface area contributed by atoms with Crippen LogP contribution in [0.3, 0.4) is 0 Å². The highest BCUT2D eigenvalue weighted by Crippen LogP contribution is 2.28. The van der Waals surface area contributed by atoms with Gasteiger partial charge in [0.2, 0.25) is 15.9 Å². The van der Waals surface area contributed by atoms with Crippen molar-refractivity contribution in [3.8, 4) is 0 Å². The maximum Gasteiger partial charge on any atom is 0.244 e. The van der Waals surface area contributed by atoms with Crippen LogP contribution in [0.4, 0.5) is 5.69 Å². The van der Waals surface area contributed by atoms with Crippen molar-refractivity contribution in [2.45, 2.75) is 39.3 Å². The van der Waals surface area contributed by atoms with Gasteiger partial charge >= 0.3 is 0 Å². The van der Waals surface area contributed by atoms with Gasteiger partial charge in [0, 0.05) is 5.02 Å². The molecular weight excluding hydrogens is 384 g/mol. The topological polar surface area (TPSA) is 66.5 Å². The van der Waals surface area contributed by atoms with Crippen molar-refractivity contribution in [1.82, 2.24) is 5.32 Å². The lowest BCUT2D eigenvalue weighted by atomic mass is 10.1. The molecular formula is C20H25ClN2O3S. The SMILES string of the molecule is CC[C@H](C(=O)N[C@H](C)c1ccccc1)N(c1ccc(C)c(Cl)c1)S(C)(=O)=O. The molecule has 0 aliphatic carbocycles. The summed E-state index contributed by atoms with van der Waals surface area (Å²) >= 11 is 6.18. The van der Waals surface area contributed by atoms with Crippen LogP contribution in [0.2, 0.25) is 5.02 Å². The molecule has 0 radical (unpaired) electrons. The maximum absolute atomic E-state index is 12.9. The highest BCUT2D eigenvalue weighted by molar-refractivity contribution is 7.92. The van der Waals surface area contributed by atoms with Crippen molar-refractivity contribution in [2.75, 3.05) is 10.6 Å². The fourth-order valence-corrected chi connectivity index (χ4v) is 4.29. The third-order valence-corrected chi connectivity index (χ3v) is 5.99. The van der Waals surface area contributed by atoms with Crippen molar-refractivity contribution in [2.24, 2.45) is 0 Å². The maximum atomic E-state index is 12.9. The molecule has 7 heteroatoms. The van der Waals surface area contributed by atoms with Gasteiger partial charge in [-0.1, -0.05) is 54.9 Å². The number of carbonyl (C=O) groups is 1. The minimum atomic E-state index is -3.69. The van der Waals surface area contributed by atoms with E-state index in [1.807, 2.05) is 44.2 Å². The molecule has 0 fully saturated rings. The zero-order valence-corrected chi connectivity index (χ0v) is 17.5. The van der Waals surface area contributed by atoms with Crippen LogP contribution in [-0.2, 0) is 14.8 Å². The summed E-state index contributed by atoms with van der Waals surface area (Å²) in [5.41, 5.74) is 2.16. The second-order valence-corrected chi connectivity index (χ2v) is 8.82. The van der Waals surface area contributed by atoms with Gasteiger partial charge < -0.3 is 5.32 Å². The quantitative estimate of drug-likeness (QED) is 0.750. The van der Waals surface area contributed by atoms with E-state index in [-0.39, 0.29) is 11.9 Å². The number of carbonyl (C=O) groups excluding carboxylic acids is 1. The van der Waals surface area contributed by atoms with Gasteiger partial charge in [-0.25, -0.2) is 8.42 Å². The summed E-state index contributed by atoms with van der Waals surface area (Å²) in [5, 5.41) is 3.37. The third-order valence-electron chi connectivity index (χ3n) is 4.40. The number of halogens is 1. The van der Waals surface area contributed by atoms with Gasteiger partial charge in [0.05, 0.1) is 18.0 Å². The van der Waals surface area contributed by atoms with Crippen LogP contribution in [0.5, 0.6) is 0 Å². The van der Waals surface area contributed by atoms with Gasteiger partial charge in [-0.3, -0.25) is 9.10 Å². The summed E-state index contributed by atoms with van der Waals surface area (Å²) in [4.78, 5) is 12.9. The van der Waals surface area contributed by atoms with E-state index in [2.05, 4.69) is 5.32 Å². The molecule has 2 aromatic rings. The number of hydrogen-bond acceptors (Lipinski definition) is 3. The number of nitrogens with one attached hydrogen (secondary N) is 1. The molecule has 0 spiro atoms. The number of amides is 1. The van der Waals surface area contributed by atoms with Crippen LogP contribution in [0.25, 0.3) is 0 Å². The van der Waals surface area contributed by atoms with E-state index in [4.69, 9.17) is 11.6 Å². The number of anilines is 1. The Hall–Kier alpha value is -2.05. The van der Waals surface area contributed by atoms with Crippen LogP contribution >= 0.6 is 11.6 Å². The Bertz CT molecular complexity index is 901. The Morgan fingerprint density at radius 3 is 2.33 bits per heavy atom. The molecule has 0 saturated heterocycles. The molecule has 146 valence electrons. The normalized spacial score (nSPS) is 13.7. The fourth-order valence-electron chi connectivity index (χ4n) is 2.91. The summed E-state index contributed by atoms with van der Waals surface area (Å²) < 4.78 is 26.1. The minimum absolute atomic E-state index is 0.240. The molecule has 0 heterocycles. The molecule has 0 aliphatic heterocycles. The molecule has 0 aliphatic rings. The standard InChI is InChI=1S/C20H25ClN2O3S/c1-5-19(20(24)22-15(3)16-9-7-6-8-10-16)23(27(4,25)26)17-12-11-14(2)18(21)13-17/h6-13,15,19H,5H2,1-4H3,(H,22,24)/t15-,19-/m1/s1. The van der Waals surface area contributed by atoms with Crippen LogP contribution in [0, 0.1) is 6.92 Å².